The Morgan fingerprint density at radius 1 is 1.50 bits per heavy atom. The van der Waals surface area contributed by atoms with Crippen molar-refractivity contribution in [1.29, 1.82) is 0 Å². The second kappa shape index (κ2) is 7.14. The number of nitrogens with one attached hydrogen (secondary N) is 1. The van der Waals surface area contributed by atoms with E-state index in [1.54, 1.807) is 6.92 Å². The van der Waals surface area contributed by atoms with E-state index >= 15 is 0 Å². The maximum atomic E-state index is 13.8. The Bertz CT molecular complexity index is 526. The van der Waals surface area contributed by atoms with Crippen molar-refractivity contribution in [2.24, 2.45) is 0 Å². The van der Waals surface area contributed by atoms with Crippen LogP contribution in [0.2, 0.25) is 0 Å². The fraction of sp³-hybridized carbons (Fsp3) is 0.417. The Morgan fingerprint density at radius 3 is 2.70 bits per heavy atom. The van der Waals surface area contributed by atoms with Gasteiger partial charge in [-0.2, -0.15) is 4.39 Å². The van der Waals surface area contributed by atoms with Crippen molar-refractivity contribution in [1.82, 2.24) is 5.32 Å². The number of rotatable bonds is 6. The van der Waals surface area contributed by atoms with Crippen molar-refractivity contribution in [2.75, 3.05) is 5.88 Å². The number of benzene rings is 1. The van der Waals surface area contributed by atoms with Gasteiger partial charge >= 0.3 is 5.69 Å². The van der Waals surface area contributed by atoms with Crippen LogP contribution in [0.3, 0.4) is 0 Å². The van der Waals surface area contributed by atoms with E-state index in [0.29, 0.717) is 30.9 Å². The van der Waals surface area contributed by atoms with Gasteiger partial charge in [0.05, 0.1) is 16.6 Å². The number of hydrogen-bond acceptors (Lipinski definition) is 3. The van der Waals surface area contributed by atoms with E-state index in [1.807, 2.05) is 0 Å². The van der Waals surface area contributed by atoms with Gasteiger partial charge in [0.1, 0.15) is 5.82 Å². The van der Waals surface area contributed by atoms with Gasteiger partial charge in [-0.05, 0) is 25.8 Å². The van der Waals surface area contributed by atoms with Crippen LogP contribution in [0.15, 0.2) is 12.1 Å². The van der Waals surface area contributed by atoms with Gasteiger partial charge < -0.3 is 5.32 Å². The van der Waals surface area contributed by atoms with E-state index in [9.17, 15) is 23.7 Å². The molecule has 0 fully saturated rings. The number of alkyl halides is 1. The van der Waals surface area contributed by atoms with Crippen LogP contribution in [0.5, 0.6) is 0 Å². The Kier molecular flexibility index (Phi) is 5.82. The first-order valence-electron chi connectivity index (χ1n) is 5.87. The molecule has 0 aliphatic heterocycles. The number of hydrogen-bond donors (Lipinski definition) is 1. The summed E-state index contributed by atoms with van der Waals surface area (Å²) in [5, 5.41) is 13.0. The van der Waals surface area contributed by atoms with E-state index < -0.39 is 33.7 Å². The third-order valence-electron chi connectivity index (χ3n) is 2.61. The van der Waals surface area contributed by atoms with Crippen LogP contribution in [-0.2, 0) is 0 Å². The van der Waals surface area contributed by atoms with Crippen molar-refractivity contribution in [2.45, 2.75) is 25.8 Å². The lowest BCUT2D eigenvalue weighted by Gasteiger charge is -2.13. The number of halogens is 3. The van der Waals surface area contributed by atoms with Gasteiger partial charge in [-0.3, -0.25) is 14.9 Å². The second-order valence-electron chi connectivity index (χ2n) is 4.25. The molecule has 0 radical (unpaired) electrons. The fourth-order valence-electron chi connectivity index (χ4n) is 1.63. The maximum Gasteiger partial charge on any atom is 0.308 e. The molecular weight excluding hydrogens is 294 g/mol. The average molecular weight is 307 g/mol. The van der Waals surface area contributed by atoms with Gasteiger partial charge in [-0.1, -0.05) is 0 Å². The van der Waals surface area contributed by atoms with Crippen LogP contribution in [-0.4, -0.2) is 22.8 Å². The van der Waals surface area contributed by atoms with E-state index in [-0.39, 0.29) is 6.04 Å². The summed E-state index contributed by atoms with van der Waals surface area (Å²) in [6, 6.07) is 0.762. The van der Waals surface area contributed by atoms with Crippen LogP contribution in [0.4, 0.5) is 14.5 Å². The normalized spacial score (nSPS) is 12.0. The molecule has 0 saturated heterocycles. The summed E-state index contributed by atoms with van der Waals surface area (Å²) in [4.78, 5) is 21.3. The summed E-state index contributed by atoms with van der Waals surface area (Å²) in [5.74, 6) is -2.87. The van der Waals surface area contributed by atoms with Crippen LogP contribution < -0.4 is 5.32 Å². The lowest BCUT2D eigenvalue weighted by molar-refractivity contribution is -0.387. The first kappa shape index (κ1) is 16.3. The third kappa shape index (κ3) is 4.12. The maximum absolute atomic E-state index is 13.8. The highest BCUT2D eigenvalue weighted by Crippen LogP contribution is 2.22. The molecule has 1 amide bonds. The van der Waals surface area contributed by atoms with Crippen molar-refractivity contribution in [3.05, 3.63) is 39.4 Å². The summed E-state index contributed by atoms with van der Waals surface area (Å²) in [7, 11) is 0. The summed E-state index contributed by atoms with van der Waals surface area (Å²) in [6.07, 6.45) is 1.21. The van der Waals surface area contributed by atoms with E-state index in [0.717, 1.165) is 0 Å². The number of nitro groups is 1. The number of carbonyl (C=O) groups excluding carboxylic acids is 1. The molecule has 0 aromatic heterocycles. The molecule has 1 rings (SSSR count). The predicted octanol–water partition coefficient (Wildman–Crippen LogP) is 3.01. The number of nitrogens with zero attached hydrogens (tertiary/aromatic N) is 1. The molecule has 1 unspecified atom stereocenters. The smallest absolute Gasteiger partial charge is 0.308 e. The molecule has 0 spiro atoms. The van der Waals surface area contributed by atoms with Gasteiger partial charge in [-0.15, -0.1) is 11.6 Å². The van der Waals surface area contributed by atoms with Gasteiger partial charge in [0.15, 0.2) is 0 Å². The van der Waals surface area contributed by atoms with E-state index in [4.69, 9.17) is 11.6 Å². The molecule has 1 atom stereocenters. The number of carbonyl (C=O) groups is 1. The molecule has 5 nitrogen and oxygen atoms in total. The summed E-state index contributed by atoms with van der Waals surface area (Å²) in [5.41, 5.74) is -1.75. The fourth-order valence-corrected chi connectivity index (χ4v) is 1.78. The first-order chi connectivity index (χ1) is 9.36. The monoisotopic (exact) mass is 306 g/mol. The van der Waals surface area contributed by atoms with Crippen molar-refractivity contribution in [3.63, 3.8) is 0 Å². The molecule has 20 heavy (non-hydrogen) atoms. The highest BCUT2D eigenvalue weighted by Gasteiger charge is 2.24. The summed E-state index contributed by atoms with van der Waals surface area (Å²) >= 11 is 5.50. The van der Waals surface area contributed by atoms with Crippen LogP contribution in [0.25, 0.3) is 0 Å². The molecule has 0 saturated carbocycles. The molecule has 0 heterocycles. The Labute approximate surface area is 119 Å². The van der Waals surface area contributed by atoms with Crippen LogP contribution in [0.1, 0.15) is 30.1 Å². The van der Waals surface area contributed by atoms with E-state index in [1.165, 1.54) is 0 Å². The zero-order valence-corrected chi connectivity index (χ0v) is 11.4. The SMILES string of the molecule is CC(CCCCl)NC(=O)c1cc(F)cc([N+](=O)[O-])c1F. The highest BCUT2D eigenvalue weighted by molar-refractivity contribution is 6.17. The molecule has 1 aromatic carbocycles. The summed E-state index contributed by atoms with van der Waals surface area (Å²) in [6.45, 7) is 1.68. The summed E-state index contributed by atoms with van der Waals surface area (Å²) < 4.78 is 27.0. The van der Waals surface area contributed by atoms with Crippen molar-refractivity contribution >= 4 is 23.2 Å². The number of nitro benzene ring substituents is 1. The van der Waals surface area contributed by atoms with E-state index in [2.05, 4.69) is 5.32 Å². The first-order valence-corrected chi connectivity index (χ1v) is 6.40. The third-order valence-corrected chi connectivity index (χ3v) is 2.88. The van der Waals surface area contributed by atoms with Gasteiger partial charge in [0, 0.05) is 11.9 Å². The Morgan fingerprint density at radius 2 is 2.15 bits per heavy atom. The minimum atomic E-state index is -1.35. The molecular formula is C12H13ClF2N2O3. The lowest BCUT2D eigenvalue weighted by Crippen LogP contribution is -2.33. The molecule has 8 heteroatoms. The predicted molar refractivity (Wildman–Crippen MR) is 69.9 cm³/mol. The molecule has 1 N–H and O–H groups in total. The largest absolute Gasteiger partial charge is 0.349 e. The quantitative estimate of drug-likeness (QED) is 0.499. The Balaban J connectivity index is 2.96. The number of amides is 1. The zero-order valence-electron chi connectivity index (χ0n) is 10.7. The molecule has 0 aliphatic carbocycles. The molecule has 1 aromatic rings. The van der Waals surface area contributed by atoms with Gasteiger partial charge in [-0.25, -0.2) is 4.39 Å². The van der Waals surface area contributed by atoms with Gasteiger partial charge in [0.25, 0.3) is 5.91 Å². The van der Waals surface area contributed by atoms with Crippen LogP contribution >= 0.6 is 11.6 Å². The van der Waals surface area contributed by atoms with Crippen molar-refractivity contribution in [3.8, 4) is 0 Å². The molecule has 0 aliphatic rings. The minimum Gasteiger partial charge on any atom is -0.349 e. The average Bonchev–Trinajstić information content (AvgIpc) is 2.38. The zero-order chi connectivity index (χ0) is 15.3. The van der Waals surface area contributed by atoms with Gasteiger partial charge in [0.2, 0.25) is 5.82 Å². The molecule has 0 bridgehead atoms. The van der Waals surface area contributed by atoms with Crippen molar-refractivity contribution < 1.29 is 18.5 Å². The lowest BCUT2D eigenvalue weighted by atomic mass is 10.1. The topological polar surface area (TPSA) is 72.2 Å². The highest BCUT2D eigenvalue weighted by atomic mass is 35.5. The second-order valence-corrected chi connectivity index (χ2v) is 4.63. The standard InChI is InChI=1S/C12H13ClF2N2O3/c1-7(3-2-4-13)16-12(18)9-5-8(14)6-10(11(9)15)17(19)20/h5-7H,2-4H2,1H3,(H,16,18). The Hall–Kier alpha value is -1.76. The minimum absolute atomic E-state index is 0.303. The molecule has 110 valence electrons. The van der Waals surface area contributed by atoms with Crippen LogP contribution in [0, 0.1) is 21.7 Å².